The fraction of sp³-hybridized carbons (Fsp3) is 0.267. The summed E-state index contributed by atoms with van der Waals surface area (Å²) < 4.78 is 6.67. The molecule has 0 bridgehead atoms. The summed E-state index contributed by atoms with van der Waals surface area (Å²) in [4.78, 5) is 13.2. The Hall–Kier alpha value is -1.13. The fourth-order valence-electron chi connectivity index (χ4n) is 2.36. The van der Waals surface area contributed by atoms with Crippen molar-refractivity contribution in [1.82, 2.24) is 0 Å². The van der Waals surface area contributed by atoms with Gasteiger partial charge in [-0.3, -0.25) is 4.79 Å². The molecule has 0 unspecified atom stereocenters. The largest absolute Gasteiger partial charge is 0.493 e. The van der Waals surface area contributed by atoms with Crippen LogP contribution in [0.25, 0.3) is 0 Å². The first-order chi connectivity index (χ1) is 9.22. The monoisotopic (exact) mass is 336 g/mol. The lowest BCUT2D eigenvalue weighted by Gasteiger charge is -2.08. The second-order valence-corrected chi connectivity index (χ2v) is 6.57. The highest BCUT2D eigenvalue weighted by Gasteiger charge is 2.19. The Morgan fingerprint density at radius 3 is 3.05 bits per heavy atom. The topological polar surface area (TPSA) is 26.3 Å². The normalized spacial score (nSPS) is 13.1. The van der Waals surface area contributed by atoms with Crippen LogP contribution in [0.3, 0.4) is 0 Å². The lowest BCUT2D eigenvalue weighted by Crippen LogP contribution is -2.06. The molecule has 0 atom stereocenters. The summed E-state index contributed by atoms with van der Waals surface area (Å²) in [6, 6.07) is 8.06. The zero-order valence-corrected chi connectivity index (χ0v) is 12.7. The standard InChI is InChI=1S/C15H13BrO2S/c16-12-6-10-3-4-18-15(10)11(7-12)8-13(17)9-14-2-1-5-19-14/h1-2,5-7H,3-4,8-9H2. The van der Waals surface area contributed by atoms with E-state index in [-0.39, 0.29) is 5.78 Å². The van der Waals surface area contributed by atoms with Crippen LogP contribution in [0.4, 0.5) is 0 Å². The molecular weight excluding hydrogens is 324 g/mol. The lowest BCUT2D eigenvalue weighted by atomic mass is 10.0. The molecule has 2 nitrogen and oxygen atoms in total. The summed E-state index contributed by atoms with van der Waals surface area (Å²) in [7, 11) is 0. The van der Waals surface area contributed by atoms with Gasteiger partial charge in [0.25, 0.3) is 0 Å². The van der Waals surface area contributed by atoms with Gasteiger partial charge in [0.1, 0.15) is 11.5 Å². The van der Waals surface area contributed by atoms with Gasteiger partial charge in [0.2, 0.25) is 0 Å². The summed E-state index contributed by atoms with van der Waals surface area (Å²) >= 11 is 5.13. The van der Waals surface area contributed by atoms with Gasteiger partial charge in [-0.15, -0.1) is 11.3 Å². The molecule has 98 valence electrons. The Balaban J connectivity index is 1.78. The van der Waals surface area contributed by atoms with Gasteiger partial charge >= 0.3 is 0 Å². The van der Waals surface area contributed by atoms with Gasteiger partial charge in [-0.25, -0.2) is 0 Å². The van der Waals surface area contributed by atoms with Crippen LogP contribution in [-0.2, 0) is 24.1 Å². The number of carbonyl (C=O) groups is 1. The van der Waals surface area contributed by atoms with E-state index in [0.717, 1.165) is 33.7 Å². The summed E-state index contributed by atoms with van der Waals surface area (Å²) in [6.45, 7) is 0.720. The van der Waals surface area contributed by atoms with Gasteiger partial charge in [-0.2, -0.15) is 0 Å². The Labute approximate surface area is 124 Å². The highest BCUT2D eigenvalue weighted by atomic mass is 79.9. The second-order valence-electron chi connectivity index (χ2n) is 4.62. The first-order valence-electron chi connectivity index (χ1n) is 6.20. The molecule has 0 saturated carbocycles. The van der Waals surface area contributed by atoms with E-state index in [2.05, 4.69) is 22.0 Å². The number of carbonyl (C=O) groups excluding carboxylic acids is 1. The molecule has 19 heavy (non-hydrogen) atoms. The molecule has 0 amide bonds. The fourth-order valence-corrected chi connectivity index (χ4v) is 3.65. The molecule has 0 N–H and O–H groups in total. The van der Waals surface area contributed by atoms with E-state index in [1.165, 1.54) is 5.56 Å². The van der Waals surface area contributed by atoms with Crippen molar-refractivity contribution in [3.8, 4) is 5.75 Å². The predicted octanol–water partition coefficient (Wildman–Crippen LogP) is 3.80. The van der Waals surface area contributed by atoms with E-state index in [9.17, 15) is 4.79 Å². The van der Waals surface area contributed by atoms with Gasteiger partial charge < -0.3 is 4.74 Å². The van der Waals surface area contributed by atoms with Crippen molar-refractivity contribution in [2.24, 2.45) is 0 Å². The van der Waals surface area contributed by atoms with Crippen LogP contribution in [0.1, 0.15) is 16.0 Å². The Kier molecular flexibility index (Phi) is 3.71. The molecular formula is C15H13BrO2S. The number of rotatable bonds is 4. The van der Waals surface area contributed by atoms with Gasteiger partial charge in [-0.05, 0) is 29.1 Å². The number of Topliss-reactive ketones (excluding diaryl/α,β-unsaturated/α-hetero) is 1. The van der Waals surface area contributed by atoms with Crippen molar-refractivity contribution in [3.63, 3.8) is 0 Å². The molecule has 2 aromatic rings. The molecule has 0 spiro atoms. The van der Waals surface area contributed by atoms with E-state index in [1.807, 2.05) is 23.6 Å². The first kappa shape index (κ1) is 12.9. The van der Waals surface area contributed by atoms with E-state index < -0.39 is 0 Å². The van der Waals surface area contributed by atoms with E-state index in [4.69, 9.17) is 4.74 Å². The van der Waals surface area contributed by atoms with Crippen LogP contribution in [0, 0.1) is 0 Å². The van der Waals surface area contributed by atoms with Crippen molar-refractivity contribution >= 4 is 33.0 Å². The van der Waals surface area contributed by atoms with Crippen LogP contribution in [-0.4, -0.2) is 12.4 Å². The quantitative estimate of drug-likeness (QED) is 0.848. The first-order valence-corrected chi connectivity index (χ1v) is 7.88. The molecule has 4 heteroatoms. The third kappa shape index (κ3) is 2.90. The van der Waals surface area contributed by atoms with Crippen LogP contribution in [0.5, 0.6) is 5.75 Å². The Bertz CT molecular complexity index is 605. The van der Waals surface area contributed by atoms with Gasteiger partial charge in [0.15, 0.2) is 0 Å². The van der Waals surface area contributed by atoms with Gasteiger partial charge in [-0.1, -0.05) is 22.0 Å². The third-order valence-corrected chi connectivity index (χ3v) is 4.50. The SMILES string of the molecule is O=C(Cc1cccs1)Cc1cc(Br)cc2c1OCC2. The van der Waals surface area contributed by atoms with Gasteiger partial charge in [0.05, 0.1) is 6.61 Å². The van der Waals surface area contributed by atoms with Crippen molar-refractivity contribution in [2.75, 3.05) is 6.61 Å². The summed E-state index contributed by atoms with van der Waals surface area (Å²) in [5.74, 6) is 1.15. The van der Waals surface area contributed by atoms with E-state index >= 15 is 0 Å². The molecule has 1 aliphatic rings. The summed E-state index contributed by atoms with van der Waals surface area (Å²) in [5.41, 5.74) is 2.21. The van der Waals surface area contributed by atoms with Crippen molar-refractivity contribution in [2.45, 2.75) is 19.3 Å². The third-order valence-electron chi connectivity index (χ3n) is 3.16. The molecule has 1 aliphatic heterocycles. The minimum atomic E-state index is 0.234. The Morgan fingerprint density at radius 1 is 1.37 bits per heavy atom. The molecule has 0 aliphatic carbocycles. The average molecular weight is 337 g/mol. The molecule has 0 radical (unpaired) electrons. The molecule has 1 aromatic heterocycles. The second kappa shape index (κ2) is 5.47. The van der Waals surface area contributed by atoms with Crippen LogP contribution < -0.4 is 4.74 Å². The number of ketones is 1. The average Bonchev–Trinajstić information content (AvgIpc) is 2.99. The number of hydrogen-bond donors (Lipinski definition) is 0. The van der Waals surface area contributed by atoms with Crippen molar-refractivity contribution < 1.29 is 9.53 Å². The van der Waals surface area contributed by atoms with Gasteiger partial charge in [0, 0.05) is 34.2 Å². The maximum atomic E-state index is 12.1. The highest BCUT2D eigenvalue weighted by Crippen LogP contribution is 2.33. The summed E-state index contributed by atoms with van der Waals surface area (Å²) in [5, 5.41) is 2.00. The minimum Gasteiger partial charge on any atom is -0.493 e. The van der Waals surface area contributed by atoms with Crippen LogP contribution >= 0.6 is 27.3 Å². The number of ether oxygens (including phenoxy) is 1. The predicted molar refractivity (Wildman–Crippen MR) is 80.1 cm³/mol. The molecule has 3 rings (SSSR count). The van der Waals surface area contributed by atoms with Crippen LogP contribution in [0.2, 0.25) is 0 Å². The van der Waals surface area contributed by atoms with Crippen molar-refractivity contribution in [3.05, 3.63) is 50.1 Å². The maximum absolute atomic E-state index is 12.1. The van der Waals surface area contributed by atoms with Crippen LogP contribution in [0.15, 0.2) is 34.1 Å². The Morgan fingerprint density at radius 2 is 2.26 bits per heavy atom. The molecule has 0 saturated heterocycles. The maximum Gasteiger partial charge on any atom is 0.142 e. The number of halogens is 1. The number of hydrogen-bond acceptors (Lipinski definition) is 3. The highest BCUT2D eigenvalue weighted by molar-refractivity contribution is 9.10. The van der Waals surface area contributed by atoms with E-state index in [0.29, 0.717) is 12.8 Å². The minimum absolute atomic E-state index is 0.234. The molecule has 0 fully saturated rings. The smallest absolute Gasteiger partial charge is 0.142 e. The zero-order valence-electron chi connectivity index (χ0n) is 10.3. The molecule has 2 heterocycles. The lowest BCUT2D eigenvalue weighted by molar-refractivity contribution is -0.117. The van der Waals surface area contributed by atoms with E-state index in [1.54, 1.807) is 11.3 Å². The zero-order chi connectivity index (χ0) is 13.2. The summed E-state index contributed by atoms with van der Waals surface area (Å²) in [6.07, 6.45) is 1.89. The molecule has 1 aromatic carbocycles. The number of fused-ring (bicyclic) bond motifs is 1. The van der Waals surface area contributed by atoms with Crippen molar-refractivity contribution in [1.29, 1.82) is 0 Å². The number of thiophene rings is 1. The number of benzene rings is 1.